The van der Waals surface area contributed by atoms with Gasteiger partial charge < -0.3 is 19.8 Å². The van der Waals surface area contributed by atoms with Crippen LogP contribution < -0.4 is 10.6 Å². The van der Waals surface area contributed by atoms with Crippen molar-refractivity contribution < 1.29 is 13.9 Å². The Bertz CT molecular complexity index is 679. The summed E-state index contributed by atoms with van der Waals surface area (Å²) in [7, 11) is 0. The molecule has 1 aliphatic heterocycles. The fourth-order valence-electron chi connectivity index (χ4n) is 3.00. The highest BCUT2D eigenvalue weighted by molar-refractivity contribution is 5.90. The minimum atomic E-state index is -0.223. The Morgan fingerprint density at radius 2 is 2.33 bits per heavy atom. The van der Waals surface area contributed by atoms with Gasteiger partial charge in [0.25, 0.3) is 0 Å². The van der Waals surface area contributed by atoms with E-state index in [1.165, 1.54) is 6.26 Å². The number of nitrogens with zero attached hydrogens (tertiary/aromatic N) is 1. The van der Waals surface area contributed by atoms with E-state index in [2.05, 4.69) is 22.5 Å². The van der Waals surface area contributed by atoms with Crippen molar-refractivity contribution in [2.75, 3.05) is 11.9 Å². The molecule has 0 unspecified atom stereocenters. The van der Waals surface area contributed by atoms with Gasteiger partial charge in [-0.3, -0.25) is 0 Å². The molecule has 6 nitrogen and oxygen atoms in total. The van der Waals surface area contributed by atoms with Crippen molar-refractivity contribution in [1.29, 1.82) is 0 Å². The van der Waals surface area contributed by atoms with Gasteiger partial charge in [0.1, 0.15) is 6.26 Å². The van der Waals surface area contributed by atoms with Gasteiger partial charge in [-0.2, -0.15) is 0 Å². The standard InChI is InChI=1S/C18H23N3O3/c1-3-15(16-5-4-9-23-16)21-18(22)20-13-7-6-12(2)14(11-13)17-19-8-10-24-17/h6-8,10-11,15-16H,3-5,9H2,1-2H3,(H2,20,21,22)/t15-,16+/m1/s1. The third kappa shape index (κ3) is 3.76. The largest absolute Gasteiger partial charge is 0.445 e. The molecule has 0 aliphatic carbocycles. The van der Waals surface area contributed by atoms with Crippen LogP contribution in [0.5, 0.6) is 0 Å². The molecule has 3 rings (SSSR count). The molecule has 2 N–H and O–H groups in total. The summed E-state index contributed by atoms with van der Waals surface area (Å²) in [4.78, 5) is 16.5. The molecule has 1 saturated heterocycles. The fraction of sp³-hybridized carbons (Fsp3) is 0.444. The summed E-state index contributed by atoms with van der Waals surface area (Å²) in [5, 5.41) is 5.90. The quantitative estimate of drug-likeness (QED) is 0.876. The first-order chi connectivity index (χ1) is 11.7. The fourth-order valence-corrected chi connectivity index (χ4v) is 3.00. The second-order valence-electron chi connectivity index (χ2n) is 6.03. The summed E-state index contributed by atoms with van der Waals surface area (Å²) < 4.78 is 11.0. The van der Waals surface area contributed by atoms with Gasteiger partial charge in [-0.05, 0) is 43.9 Å². The molecule has 1 aromatic carbocycles. The average molecular weight is 329 g/mol. The molecule has 2 heterocycles. The van der Waals surface area contributed by atoms with Crippen LogP contribution in [0.15, 0.2) is 35.1 Å². The van der Waals surface area contributed by atoms with Crippen LogP contribution >= 0.6 is 0 Å². The Morgan fingerprint density at radius 1 is 1.46 bits per heavy atom. The van der Waals surface area contributed by atoms with Gasteiger partial charge in [-0.1, -0.05) is 13.0 Å². The summed E-state index contributed by atoms with van der Waals surface area (Å²) in [6.45, 7) is 4.81. The van der Waals surface area contributed by atoms with E-state index in [0.717, 1.165) is 37.0 Å². The van der Waals surface area contributed by atoms with E-state index in [0.29, 0.717) is 11.6 Å². The normalized spacial score (nSPS) is 18.3. The second kappa shape index (κ2) is 7.49. The highest BCUT2D eigenvalue weighted by Crippen LogP contribution is 2.25. The van der Waals surface area contributed by atoms with Gasteiger partial charge in [0.15, 0.2) is 0 Å². The number of hydrogen-bond donors (Lipinski definition) is 2. The first kappa shape index (κ1) is 16.5. The predicted molar refractivity (Wildman–Crippen MR) is 91.9 cm³/mol. The van der Waals surface area contributed by atoms with Gasteiger partial charge in [0, 0.05) is 17.9 Å². The zero-order valence-electron chi connectivity index (χ0n) is 14.0. The van der Waals surface area contributed by atoms with E-state index in [9.17, 15) is 4.79 Å². The molecule has 0 radical (unpaired) electrons. The number of urea groups is 1. The van der Waals surface area contributed by atoms with Crippen molar-refractivity contribution in [1.82, 2.24) is 10.3 Å². The van der Waals surface area contributed by atoms with Crippen LogP contribution in [0.25, 0.3) is 11.5 Å². The third-order valence-corrected chi connectivity index (χ3v) is 4.33. The molecule has 1 aromatic heterocycles. The van der Waals surface area contributed by atoms with E-state index in [1.54, 1.807) is 6.20 Å². The molecule has 1 aliphatic rings. The van der Waals surface area contributed by atoms with Crippen LogP contribution in [0.3, 0.4) is 0 Å². The van der Waals surface area contributed by atoms with Gasteiger partial charge in [-0.25, -0.2) is 9.78 Å². The van der Waals surface area contributed by atoms with Gasteiger partial charge in [0.05, 0.1) is 18.3 Å². The molecule has 1 fully saturated rings. The molecule has 128 valence electrons. The van der Waals surface area contributed by atoms with Crippen molar-refractivity contribution in [3.63, 3.8) is 0 Å². The van der Waals surface area contributed by atoms with Gasteiger partial charge in [0.2, 0.25) is 5.89 Å². The molecule has 2 amide bonds. The Balaban J connectivity index is 1.67. The summed E-state index contributed by atoms with van der Waals surface area (Å²) in [6, 6.07) is 5.48. The number of aryl methyl sites for hydroxylation is 1. The zero-order chi connectivity index (χ0) is 16.9. The maximum atomic E-state index is 12.3. The lowest BCUT2D eigenvalue weighted by molar-refractivity contribution is 0.0804. The summed E-state index contributed by atoms with van der Waals surface area (Å²) >= 11 is 0. The highest BCUT2D eigenvalue weighted by Gasteiger charge is 2.25. The number of rotatable bonds is 5. The first-order valence-corrected chi connectivity index (χ1v) is 8.37. The zero-order valence-corrected chi connectivity index (χ0v) is 14.0. The van der Waals surface area contributed by atoms with E-state index < -0.39 is 0 Å². The maximum Gasteiger partial charge on any atom is 0.319 e. The summed E-state index contributed by atoms with van der Waals surface area (Å²) in [6.07, 6.45) is 6.15. The van der Waals surface area contributed by atoms with E-state index in [4.69, 9.17) is 9.15 Å². The lowest BCUT2D eigenvalue weighted by atomic mass is 10.1. The number of amides is 2. The third-order valence-electron chi connectivity index (χ3n) is 4.33. The first-order valence-electron chi connectivity index (χ1n) is 8.37. The van der Waals surface area contributed by atoms with Crippen LogP contribution in [-0.2, 0) is 4.74 Å². The molecule has 24 heavy (non-hydrogen) atoms. The highest BCUT2D eigenvalue weighted by atomic mass is 16.5. The number of carbonyl (C=O) groups excluding carboxylic acids is 1. The lowest BCUT2D eigenvalue weighted by Gasteiger charge is -2.23. The monoisotopic (exact) mass is 329 g/mol. The van der Waals surface area contributed by atoms with Crippen molar-refractivity contribution >= 4 is 11.7 Å². The minimum absolute atomic E-state index is 0.0316. The Labute approximate surface area is 141 Å². The molecule has 0 bridgehead atoms. The van der Waals surface area contributed by atoms with Crippen LogP contribution in [0.2, 0.25) is 0 Å². The summed E-state index contributed by atoms with van der Waals surface area (Å²) in [5.74, 6) is 0.544. The lowest BCUT2D eigenvalue weighted by Crippen LogP contribution is -2.44. The number of anilines is 1. The van der Waals surface area contributed by atoms with Gasteiger partial charge in [-0.15, -0.1) is 0 Å². The van der Waals surface area contributed by atoms with E-state index in [-0.39, 0.29) is 18.2 Å². The van der Waals surface area contributed by atoms with Gasteiger partial charge >= 0.3 is 6.03 Å². The van der Waals surface area contributed by atoms with Crippen molar-refractivity contribution in [2.45, 2.75) is 45.3 Å². The molecular weight excluding hydrogens is 306 g/mol. The number of nitrogens with one attached hydrogen (secondary N) is 2. The summed E-state index contributed by atoms with van der Waals surface area (Å²) in [5.41, 5.74) is 2.60. The second-order valence-corrected chi connectivity index (χ2v) is 6.03. The Kier molecular flexibility index (Phi) is 5.15. The average Bonchev–Trinajstić information content (AvgIpc) is 3.28. The van der Waals surface area contributed by atoms with Crippen molar-refractivity contribution in [3.8, 4) is 11.5 Å². The smallest absolute Gasteiger partial charge is 0.319 e. The van der Waals surface area contributed by atoms with E-state index in [1.807, 2.05) is 25.1 Å². The van der Waals surface area contributed by atoms with Crippen LogP contribution in [0.4, 0.5) is 10.5 Å². The number of ether oxygens (including phenoxy) is 1. The minimum Gasteiger partial charge on any atom is -0.445 e. The molecular formula is C18H23N3O3. The van der Waals surface area contributed by atoms with Crippen molar-refractivity contribution in [2.24, 2.45) is 0 Å². The molecule has 2 atom stereocenters. The molecule has 6 heteroatoms. The molecule has 0 saturated carbocycles. The molecule has 2 aromatic rings. The number of oxazole rings is 1. The van der Waals surface area contributed by atoms with E-state index >= 15 is 0 Å². The number of benzene rings is 1. The van der Waals surface area contributed by atoms with Crippen LogP contribution in [0, 0.1) is 6.92 Å². The number of hydrogen-bond acceptors (Lipinski definition) is 4. The number of aromatic nitrogens is 1. The number of carbonyl (C=O) groups is 1. The molecule has 0 spiro atoms. The predicted octanol–water partition coefficient (Wildman–Crippen LogP) is 3.73. The SMILES string of the molecule is CC[C@@H](NC(=O)Nc1ccc(C)c(-c2ncco2)c1)[C@@H]1CCCO1. The topological polar surface area (TPSA) is 76.4 Å². The Hall–Kier alpha value is -2.34. The van der Waals surface area contributed by atoms with Crippen LogP contribution in [-0.4, -0.2) is 29.8 Å². The van der Waals surface area contributed by atoms with Crippen molar-refractivity contribution in [3.05, 3.63) is 36.2 Å². The maximum absolute atomic E-state index is 12.3. The van der Waals surface area contributed by atoms with Crippen LogP contribution in [0.1, 0.15) is 31.7 Å². The Morgan fingerprint density at radius 3 is 3.00 bits per heavy atom.